The zero-order valence-electron chi connectivity index (χ0n) is 16.8. The summed E-state index contributed by atoms with van der Waals surface area (Å²) in [5.41, 5.74) is 4.45. The molecule has 0 spiro atoms. The zero-order chi connectivity index (χ0) is 22.0. The molecule has 3 aromatic carbocycles. The highest BCUT2D eigenvalue weighted by Crippen LogP contribution is 2.29. The second-order valence-corrected chi connectivity index (χ2v) is 8.20. The summed E-state index contributed by atoms with van der Waals surface area (Å²) in [7, 11) is 1.59. The van der Waals surface area contributed by atoms with Crippen LogP contribution in [0.4, 0.5) is 5.69 Å². The first kappa shape index (κ1) is 21.2. The molecule has 7 heteroatoms. The van der Waals surface area contributed by atoms with Crippen molar-refractivity contribution in [3.8, 4) is 17.2 Å². The fourth-order valence-corrected chi connectivity index (χ4v) is 3.60. The molecule has 0 saturated heterocycles. The molecule has 0 unspecified atom stereocenters. The average molecular weight is 498 g/mol. The van der Waals surface area contributed by atoms with E-state index >= 15 is 0 Å². The molecule has 4 rings (SSSR count). The first-order chi connectivity index (χ1) is 14.9. The van der Waals surface area contributed by atoms with Gasteiger partial charge < -0.3 is 14.5 Å². The highest BCUT2D eigenvalue weighted by Gasteiger charge is 2.11. The minimum atomic E-state index is -0.268. The molecule has 0 aliphatic rings. The number of nitrogens with zero attached hydrogens (tertiary/aromatic N) is 1. The molecule has 0 saturated carbocycles. The summed E-state index contributed by atoms with van der Waals surface area (Å²) in [5.74, 6) is 0.887. The van der Waals surface area contributed by atoms with Crippen LogP contribution in [0.2, 0.25) is 5.02 Å². The number of carbonyl (C=O) groups excluding carboxylic acids is 1. The second kappa shape index (κ2) is 8.96. The number of halogens is 2. The van der Waals surface area contributed by atoms with Crippen molar-refractivity contribution in [1.29, 1.82) is 0 Å². The Kier molecular flexibility index (Phi) is 6.11. The average Bonchev–Trinajstić information content (AvgIpc) is 3.17. The highest BCUT2D eigenvalue weighted by atomic mass is 79.9. The topological polar surface area (TPSA) is 64.4 Å². The summed E-state index contributed by atoms with van der Waals surface area (Å²) in [6.07, 6.45) is 3.16. The summed E-state index contributed by atoms with van der Waals surface area (Å²) in [6, 6.07) is 16.6. The number of oxazole rings is 1. The number of benzene rings is 3. The van der Waals surface area contributed by atoms with Crippen LogP contribution in [0.25, 0.3) is 28.6 Å². The van der Waals surface area contributed by atoms with Crippen LogP contribution in [0.15, 0.2) is 69.6 Å². The lowest BCUT2D eigenvalue weighted by atomic mass is 10.1. The van der Waals surface area contributed by atoms with Gasteiger partial charge in [-0.05, 0) is 67.1 Å². The second-order valence-electron chi connectivity index (χ2n) is 6.87. The number of rotatable bonds is 5. The Labute approximate surface area is 192 Å². The highest BCUT2D eigenvalue weighted by molar-refractivity contribution is 9.10. The first-order valence-electron chi connectivity index (χ1n) is 9.42. The van der Waals surface area contributed by atoms with Crippen molar-refractivity contribution in [3.63, 3.8) is 0 Å². The third-order valence-corrected chi connectivity index (χ3v) is 5.58. The maximum absolute atomic E-state index is 12.4. The number of hydrogen-bond acceptors (Lipinski definition) is 4. The van der Waals surface area contributed by atoms with E-state index in [1.54, 1.807) is 31.4 Å². The Hall–Kier alpha value is -3.09. The molecule has 5 nitrogen and oxygen atoms in total. The van der Waals surface area contributed by atoms with Gasteiger partial charge in [-0.15, -0.1) is 0 Å². The molecule has 1 heterocycles. The predicted molar refractivity (Wildman–Crippen MR) is 128 cm³/mol. The summed E-state index contributed by atoms with van der Waals surface area (Å²) in [4.78, 5) is 16.9. The number of aryl methyl sites for hydroxylation is 1. The number of anilines is 1. The minimum absolute atomic E-state index is 0.268. The first-order valence-corrected chi connectivity index (χ1v) is 10.6. The SMILES string of the molecule is COc1ccc(Br)cc1/C=C/C(=O)Nc1ccc2oc(-c3ccc(C)c(Cl)c3)nc2c1. The molecular weight excluding hydrogens is 480 g/mol. The molecule has 1 aromatic heterocycles. The summed E-state index contributed by atoms with van der Waals surface area (Å²) < 4.78 is 12.1. The van der Waals surface area contributed by atoms with Crippen molar-refractivity contribution in [2.45, 2.75) is 6.92 Å². The van der Waals surface area contributed by atoms with Crippen molar-refractivity contribution >= 4 is 56.3 Å². The van der Waals surface area contributed by atoms with E-state index in [1.165, 1.54) is 6.08 Å². The molecule has 0 aliphatic heterocycles. The lowest BCUT2D eigenvalue weighted by Gasteiger charge is -2.05. The van der Waals surface area contributed by atoms with Gasteiger partial charge in [0.15, 0.2) is 5.58 Å². The van der Waals surface area contributed by atoms with Gasteiger partial charge in [0.25, 0.3) is 0 Å². The number of ether oxygens (including phenoxy) is 1. The van der Waals surface area contributed by atoms with Gasteiger partial charge in [-0.25, -0.2) is 4.98 Å². The van der Waals surface area contributed by atoms with E-state index < -0.39 is 0 Å². The Morgan fingerprint density at radius 1 is 1.16 bits per heavy atom. The number of aromatic nitrogens is 1. The Balaban J connectivity index is 1.53. The molecule has 0 radical (unpaired) electrons. The van der Waals surface area contributed by atoms with Gasteiger partial charge in [0, 0.05) is 32.4 Å². The molecule has 1 N–H and O–H groups in total. The fourth-order valence-electron chi connectivity index (χ4n) is 3.04. The van der Waals surface area contributed by atoms with Gasteiger partial charge in [-0.2, -0.15) is 0 Å². The van der Waals surface area contributed by atoms with Crippen LogP contribution in [-0.4, -0.2) is 18.0 Å². The van der Waals surface area contributed by atoms with Crippen LogP contribution in [0, 0.1) is 6.92 Å². The van der Waals surface area contributed by atoms with E-state index in [2.05, 4.69) is 26.2 Å². The molecular formula is C24H18BrClN2O3. The number of methoxy groups -OCH3 is 1. The molecule has 4 aromatic rings. The maximum Gasteiger partial charge on any atom is 0.248 e. The van der Waals surface area contributed by atoms with Gasteiger partial charge in [-0.1, -0.05) is 33.6 Å². The number of nitrogens with one attached hydrogen (secondary N) is 1. The molecule has 0 aliphatic carbocycles. The van der Waals surface area contributed by atoms with Gasteiger partial charge in [0.1, 0.15) is 11.3 Å². The molecule has 1 amide bonds. The third-order valence-electron chi connectivity index (χ3n) is 4.68. The zero-order valence-corrected chi connectivity index (χ0v) is 19.1. The monoisotopic (exact) mass is 496 g/mol. The number of hydrogen-bond donors (Lipinski definition) is 1. The van der Waals surface area contributed by atoms with Crippen LogP contribution in [0.3, 0.4) is 0 Å². The van der Waals surface area contributed by atoms with Gasteiger partial charge >= 0.3 is 0 Å². The van der Waals surface area contributed by atoms with Gasteiger partial charge in [0.2, 0.25) is 11.8 Å². The van der Waals surface area contributed by atoms with Gasteiger partial charge in [0.05, 0.1) is 7.11 Å². The fraction of sp³-hybridized carbons (Fsp3) is 0.0833. The Morgan fingerprint density at radius 2 is 2.00 bits per heavy atom. The number of carbonyl (C=O) groups is 1. The lowest BCUT2D eigenvalue weighted by Crippen LogP contribution is -2.07. The van der Waals surface area contributed by atoms with E-state index in [0.717, 1.165) is 21.2 Å². The van der Waals surface area contributed by atoms with Crippen molar-refractivity contribution in [3.05, 3.63) is 81.3 Å². The summed E-state index contributed by atoms with van der Waals surface area (Å²) >= 11 is 9.64. The van der Waals surface area contributed by atoms with Crippen LogP contribution in [-0.2, 0) is 4.79 Å². The molecule has 0 bridgehead atoms. The van der Waals surface area contributed by atoms with E-state index in [4.69, 9.17) is 20.8 Å². The van der Waals surface area contributed by atoms with Crippen LogP contribution in [0.5, 0.6) is 5.75 Å². The van der Waals surface area contributed by atoms with Gasteiger partial charge in [-0.3, -0.25) is 4.79 Å². The maximum atomic E-state index is 12.4. The Bertz CT molecular complexity index is 1310. The van der Waals surface area contributed by atoms with Crippen molar-refractivity contribution in [2.24, 2.45) is 0 Å². The largest absolute Gasteiger partial charge is 0.496 e. The van der Waals surface area contributed by atoms with Crippen LogP contribution < -0.4 is 10.1 Å². The van der Waals surface area contributed by atoms with E-state index in [-0.39, 0.29) is 5.91 Å². The lowest BCUT2D eigenvalue weighted by molar-refractivity contribution is -0.111. The Morgan fingerprint density at radius 3 is 2.77 bits per heavy atom. The van der Waals surface area contributed by atoms with Crippen LogP contribution in [0.1, 0.15) is 11.1 Å². The minimum Gasteiger partial charge on any atom is -0.496 e. The summed E-state index contributed by atoms with van der Waals surface area (Å²) in [6.45, 7) is 1.94. The molecule has 0 fully saturated rings. The normalized spacial score (nSPS) is 11.2. The van der Waals surface area contributed by atoms with Crippen molar-refractivity contribution < 1.29 is 13.9 Å². The molecule has 0 atom stereocenters. The molecule has 156 valence electrons. The number of amides is 1. The smallest absolute Gasteiger partial charge is 0.248 e. The van der Waals surface area contributed by atoms with E-state index in [1.807, 2.05) is 43.3 Å². The third kappa shape index (κ3) is 4.81. The van der Waals surface area contributed by atoms with E-state index in [0.29, 0.717) is 33.4 Å². The number of fused-ring (bicyclic) bond motifs is 1. The standard InChI is InChI=1S/C24H18BrClN2O3/c1-14-3-4-16(12-19(14)26)24-28-20-13-18(7-9-22(20)31-24)27-23(29)10-5-15-11-17(25)6-8-21(15)30-2/h3-13H,1-2H3,(H,27,29)/b10-5+. The van der Waals surface area contributed by atoms with Crippen LogP contribution >= 0.6 is 27.5 Å². The van der Waals surface area contributed by atoms with Crippen molar-refractivity contribution in [1.82, 2.24) is 4.98 Å². The summed E-state index contributed by atoms with van der Waals surface area (Å²) in [5, 5.41) is 3.50. The quantitative estimate of drug-likeness (QED) is 0.305. The van der Waals surface area contributed by atoms with Crippen molar-refractivity contribution in [2.75, 3.05) is 12.4 Å². The van der Waals surface area contributed by atoms with E-state index in [9.17, 15) is 4.79 Å². The molecule has 31 heavy (non-hydrogen) atoms. The predicted octanol–water partition coefficient (Wildman–Crippen LogP) is 6.88.